The van der Waals surface area contributed by atoms with Crippen LogP contribution in [0.2, 0.25) is 0 Å². The van der Waals surface area contributed by atoms with E-state index >= 15 is 0 Å². The molecule has 2 nitrogen and oxygen atoms in total. The molecule has 1 unspecified atom stereocenters. The first-order chi connectivity index (χ1) is 9.25. The van der Waals surface area contributed by atoms with Crippen molar-refractivity contribution < 1.29 is 4.74 Å². The smallest absolute Gasteiger partial charge is 0.127 e. The summed E-state index contributed by atoms with van der Waals surface area (Å²) in [6.07, 6.45) is 2.18. The molecule has 98 valence electrons. The molecule has 0 fully saturated rings. The van der Waals surface area contributed by atoms with Crippen LogP contribution in [0.5, 0.6) is 5.75 Å². The van der Waals surface area contributed by atoms with Gasteiger partial charge in [0.05, 0.1) is 12.6 Å². The third kappa shape index (κ3) is 2.36. The largest absolute Gasteiger partial charge is 0.493 e. The minimum atomic E-state index is -0.117. The third-order valence-corrected chi connectivity index (χ3v) is 3.74. The Morgan fingerprint density at radius 2 is 1.89 bits per heavy atom. The lowest BCUT2D eigenvalue weighted by Gasteiger charge is -2.23. The molecule has 1 aliphatic rings. The Balaban J connectivity index is 1.99. The number of nitrogens with two attached hydrogens (primary N) is 1. The number of hydrogen-bond donors (Lipinski definition) is 1. The van der Waals surface area contributed by atoms with E-state index in [0.717, 1.165) is 36.3 Å². The number of hydrogen-bond acceptors (Lipinski definition) is 2. The van der Waals surface area contributed by atoms with Gasteiger partial charge in [-0.25, -0.2) is 0 Å². The van der Waals surface area contributed by atoms with E-state index in [1.165, 1.54) is 11.1 Å². The van der Waals surface area contributed by atoms with Crippen LogP contribution in [0.15, 0.2) is 42.5 Å². The van der Waals surface area contributed by atoms with Crippen LogP contribution < -0.4 is 10.5 Å². The van der Waals surface area contributed by atoms with E-state index in [2.05, 4.69) is 49.4 Å². The van der Waals surface area contributed by atoms with Crippen molar-refractivity contribution in [2.75, 3.05) is 6.61 Å². The Bertz CT molecular complexity index is 574. The normalized spacial score (nSPS) is 15.5. The van der Waals surface area contributed by atoms with Gasteiger partial charge in [-0.1, -0.05) is 48.0 Å². The van der Waals surface area contributed by atoms with E-state index in [9.17, 15) is 0 Å². The van der Waals surface area contributed by atoms with Gasteiger partial charge in [0, 0.05) is 5.56 Å². The van der Waals surface area contributed by atoms with E-state index < -0.39 is 0 Å². The van der Waals surface area contributed by atoms with Crippen LogP contribution in [0.4, 0.5) is 0 Å². The molecule has 0 saturated heterocycles. The van der Waals surface area contributed by atoms with Crippen LogP contribution in [-0.4, -0.2) is 6.61 Å². The maximum atomic E-state index is 6.41. The molecule has 3 rings (SSSR count). The van der Waals surface area contributed by atoms with Gasteiger partial charge in [-0.05, 0) is 30.9 Å². The quantitative estimate of drug-likeness (QED) is 0.890. The molecule has 2 aromatic carbocycles. The van der Waals surface area contributed by atoms with Gasteiger partial charge < -0.3 is 10.5 Å². The van der Waals surface area contributed by atoms with Crippen molar-refractivity contribution in [3.63, 3.8) is 0 Å². The lowest BCUT2D eigenvalue weighted by Crippen LogP contribution is -2.17. The molecule has 0 saturated carbocycles. The summed E-state index contributed by atoms with van der Waals surface area (Å²) in [6.45, 7) is 2.88. The predicted octanol–water partition coefficient (Wildman–Crippen LogP) is 3.37. The SMILES string of the molecule is Cc1ccc(C(N)c2cccc3c2OCCC3)cc1. The molecule has 19 heavy (non-hydrogen) atoms. The summed E-state index contributed by atoms with van der Waals surface area (Å²) in [7, 11) is 0. The van der Waals surface area contributed by atoms with E-state index in [-0.39, 0.29) is 6.04 Å². The number of aryl methyl sites for hydroxylation is 2. The van der Waals surface area contributed by atoms with Gasteiger partial charge in [0.1, 0.15) is 5.75 Å². The van der Waals surface area contributed by atoms with Crippen LogP contribution in [-0.2, 0) is 6.42 Å². The number of para-hydroxylation sites is 1. The Morgan fingerprint density at radius 1 is 1.11 bits per heavy atom. The van der Waals surface area contributed by atoms with Crippen molar-refractivity contribution in [3.05, 3.63) is 64.7 Å². The van der Waals surface area contributed by atoms with Crippen molar-refractivity contribution in [2.24, 2.45) is 5.73 Å². The Labute approximate surface area is 114 Å². The minimum absolute atomic E-state index is 0.117. The summed E-state index contributed by atoms with van der Waals surface area (Å²) in [5.74, 6) is 1.00. The summed E-state index contributed by atoms with van der Waals surface area (Å²) >= 11 is 0. The average molecular weight is 253 g/mol. The zero-order valence-electron chi connectivity index (χ0n) is 11.2. The van der Waals surface area contributed by atoms with E-state index in [4.69, 9.17) is 10.5 Å². The molecule has 0 amide bonds. The van der Waals surface area contributed by atoms with Crippen LogP contribution >= 0.6 is 0 Å². The topological polar surface area (TPSA) is 35.2 Å². The lowest BCUT2D eigenvalue weighted by atomic mass is 9.94. The van der Waals surface area contributed by atoms with Gasteiger partial charge in [0.2, 0.25) is 0 Å². The second-order valence-electron chi connectivity index (χ2n) is 5.18. The number of fused-ring (bicyclic) bond motifs is 1. The highest BCUT2D eigenvalue weighted by Gasteiger charge is 2.19. The summed E-state index contributed by atoms with van der Waals surface area (Å²) in [5.41, 5.74) is 11.2. The highest BCUT2D eigenvalue weighted by Crippen LogP contribution is 2.34. The molecule has 0 bridgehead atoms. The van der Waals surface area contributed by atoms with Crippen molar-refractivity contribution in [1.29, 1.82) is 0 Å². The van der Waals surface area contributed by atoms with Crippen molar-refractivity contribution in [3.8, 4) is 5.75 Å². The molecule has 0 spiro atoms. The highest BCUT2D eigenvalue weighted by molar-refractivity contribution is 5.47. The molecule has 1 heterocycles. The maximum Gasteiger partial charge on any atom is 0.127 e. The summed E-state index contributed by atoms with van der Waals surface area (Å²) in [4.78, 5) is 0. The maximum absolute atomic E-state index is 6.41. The van der Waals surface area contributed by atoms with Gasteiger partial charge in [0.15, 0.2) is 0 Å². The first-order valence-corrected chi connectivity index (χ1v) is 6.82. The minimum Gasteiger partial charge on any atom is -0.493 e. The van der Waals surface area contributed by atoms with E-state index in [1.54, 1.807) is 0 Å². The molecule has 1 aliphatic heterocycles. The van der Waals surface area contributed by atoms with Gasteiger partial charge in [-0.15, -0.1) is 0 Å². The monoisotopic (exact) mass is 253 g/mol. The molecule has 1 atom stereocenters. The van der Waals surface area contributed by atoms with Gasteiger partial charge in [-0.2, -0.15) is 0 Å². The van der Waals surface area contributed by atoms with Gasteiger partial charge in [-0.3, -0.25) is 0 Å². The van der Waals surface area contributed by atoms with Gasteiger partial charge in [0.25, 0.3) is 0 Å². The Morgan fingerprint density at radius 3 is 2.68 bits per heavy atom. The zero-order valence-corrected chi connectivity index (χ0v) is 11.2. The summed E-state index contributed by atoms with van der Waals surface area (Å²) < 4.78 is 5.84. The molecule has 2 aromatic rings. The second-order valence-corrected chi connectivity index (χ2v) is 5.18. The van der Waals surface area contributed by atoms with E-state index in [0.29, 0.717) is 0 Å². The molecular weight excluding hydrogens is 234 g/mol. The molecular formula is C17H19NO. The predicted molar refractivity (Wildman–Crippen MR) is 77.5 cm³/mol. The Kier molecular flexibility index (Phi) is 3.26. The standard InChI is InChI=1S/C17H19NO/c1-12-7-9-13(10-8-12)16(18)15-6-2-4-14-5-3-11-19-17(14)15/h2,4,6-10,16H,3,5,11,18H2,1H3. The summed E-state index contributed by atoms with van der Waals surface area (Å²) in [6, 6.07) is 14.6. The number of rotatable bonds is 2. The fourth-order valence-electron chi connectivity index (χ4n) is 2.61. The fraction of sp³-hybridized carbons (Fsp3) is 0.294. The Hall–Kier alpha value is -1.80. The number of benzene rings is 2. The molecule has 2 N–H and O–H groups in total. The summed E-state index contributed by atoms with van der Waals surface area (Å²) in [5, 5.41) is 0. The first kappa shape index (κ1) is 12.2. The lowest BCUT2D eigenvalue weighted by molar-refractivity contribution is 0.284. The van der Waals surface area contributed by atoms with E-state index in [1.807, 2.05) is 0 Å². The van der Waals surface area contributed by atoms with Crippen LogP contribution in [0.1, 0.15) is 34.7 Å². The van der Waals surface area contributed by atoms with Crippen LogP contribution in [0.25, 0.3) is 0 Å². The molecule has 0 radical (unpaired) electrons. The highest BCUT2D eigenvalue weighted by atomic mass is 16.5. The third-order valence-electron chi connectivity index (χ3n) is 3.74. The van der Waals surface area contributed by atoms with Crippen LogP contribution in [0.3, 0.4) is 0 Å². The zero-order chi connectivity index (χ0) is 13.2. The molecule has 2 heteroatoms. The molecule has 0 aromatic heterocycles. The van der Waals surface area contributed by atoms with Crippen molar-refractivity contribution in [1.82, 2.24) is 0 Å². The first-order valence-electron chi connectivity index (χ1n) is 6.82. The van der Waals surface area contributed by atoms with Crippen molar-refractivity contribution in [2.45, 2.75) is 25.8 Å². The number of ether oxygens (including phenoxy) is 1. The van der Waals surface area contributed by atoms with Gasteiger partial charge >= 0.3 is 0 Å². The van der Waals surface area contributed by atoms with Crippen LogP contribution in [0, 0.1) is 6.92 Å². The molecule has 0 aliphatic carbocycles. The average Bonchev–Trinajstić information content (AvgIpc) is 2.47. The second kappa shape index (κ2) is 5.06. The van der Waals surface area contributed by atoms with Crippen molar-refractivity contribution >= 4 is 0 Å². The fourth-order valence-corrected chi connectivity index (χ4v) is 2.61.